The van der Waals surface area contributed by atoms with E-state index in [1.54, 1.807) is 4.90 Å². The lowest BCUT2D eigenvalue weighted by Crippen LogP contribution is -2.37. The summed E-state index contributed by atoms with van der Waals surface area (Å²) in [7, 11) is 0. The van der Waals surface area contributed by atoms with E-state index in [2.05, 4.69) is 0 Å². The van der Waals surface area contributed by atoms with Crippen LogP contribution in [0.4, 0.5) is 4.79 Å². The Bertz CT molecular complexity index is 214. The smallest absolute Gasteiger partial charge is 0.410 e. The van der Waals surface area contributed by atoms with E-state index in [1.807, 2.05) is 13.8 Å². The van der Waals surface area contributed by atoms with Crippen molar-refractivity contribution in [3.63, 3.8) is 0 Å². The first-order valence-corrected chi connectivity index (χ1v) is 6.20. The zero-order valence-electron chi connectivity index (χ0n) is 10.3. The van der Waals surface area contributed by atoms with Crippen molar-refractivity contribution in [1.82, 2.24) is 4.90 Å². The Hall–Kier alpha value is -0.770. The minimum absolute atomic E-state index is 0.114. The Morgan fingerprint density at radius 3 is 2.50 bits per heavy atom. The number of ether oxygens (including phenoxy) is 1. The van der Waals surface area contributed by atoms with Crippen molar-refractivity contribution in [3.05, 3.63) is 0 Å². The van der Waals surface area contributed by atoms with Crippen molar-refractivity contribution >= 4 is 6.09 Å². The SMILES string of the molecule is CC(CO)CC(C)OC(=O)N1CCCCC1. The van der Waals surface area contributed by atoms with Gasteiger partial charge in [0.15, 0.2) is 0 Å². The molecule has 1 heterocycles. The zero-order valence-corrected chi connectivity index (χ0v) is 10.3. The minimum Gasteiger partial charge on any atom is -0.446 e. The van der Waals surface area contributed by atoms with Crippen LogP contribution < -0.4 is 0 Å². The third kappa shape index (κ3) is 4.39. The number of carbonyl (C=O) groups is 1. The number of aliphatic hydroxyl groups is 1. The minimum atomic E-state index is -0.197. The van der Waals surface area contributed by atoms with Gasteiger partial charge < -0.3 is 14.7 Å². The molecule has 2 unspecified atom stereocenters. The zero-order chi connectivity index (χ0) is 12.0. The van der Waals surface area contributed by atoms with Gasteiger partial charge in [-0.1, -0.05) is 6.92 Å². The Balaban J connectivity index is 2.26. The van der Waals surface area contributed by atoms with E-state index in [9.17, 15) is 4.79 Å². The second-order valence-electron chi connectivity index (χ2n) is 4.77. The second kappa shape index (κ2) is 6.74. The normalized spacial score (nSPS) is 20.3. The first-order chi connectivity index (χ1) is 7.63. The van der Waals surface area contributed by atoms with Gasteiger partial charge >= 0.3 is 6.09 Å². The molecule has 0 saturated carbocycles. The predicted molar refractivity (Wildman–Crippen MR) is 62.2 cm³/mol. The van der Waals surface area contributed by atoms with Gasteiger partial charge in [-0.05, 0) is 38.5 Å². The van der Waals surface area contributed by atoms with Gasteiger partial charge in [-0.25, -0.2) is 4.79 Å². The van der Waals surface area contributed by atoms with Crippen LogP contribution in [0.1, 0.15) is 39.5 Å². The second-order valence-corrected chi connectivity index (χ2v) is 4.77. The maximum absolute atomic E-state index is 11.7. The Morgan fingerprint density at radius 1 is 1.31 bits per heavy atom. The van der Waals surface area contributed by atoms with Crippen LogP contribution in [0, 0.1) is 5.92 Å². The summed E-state index contributed by atoms with van der Waals surface area (Å²) in [5.74, 6) is 0.184. The molecule has 0 aliphatic carbocycles. The molecule has 0 spiro atoms. The average molecular weight is 229 g/mol. The summed E-state index contributed by atoms with van der Waals surface area (Å²) in [4.78, 5) is 13.5. The molecule has 1 aliphatic heterocycles. The molecule has 2 atom stereocenters. The van der Waals surface area contributed by atoms with Gasteiger partial charge in [0.2, 0.25) is 0 Å². The number of amides is 1. The molecule has 1 amide bonds. The maximum atomic E-state index is 11.7. The molecule has 1 rings (SSSR count). The van der Waals surface area contributed by atoms with Gasteiger partial charge in [-0.2, -0.15) is 0 Å². The number of carbonyl (C=O) groups excluding carboxylic acids is 1. The van der Waals surface area contributed by atoms with Gasteiger partial charge in [0.05, 0.1) is 0 Å². The molecule has 1 aliphatic rings. The summed E-state index contributed by atoms with van der Waals surface area (Å²) in [6.07, 6.45) is 3.78. The van der Waals surface area contributed by atoms with Crippen LogP contribution in [-0.4, -0.2) is 41.9 Å². The van der Waals surface area contributed by atoms with Crippen molar-refractivity contribution in [2.45, 2.75) is 45.6 Å². The van der Waals surface area contributed by atoms with Crippen molar-refractivity contribution in [2.75, 3.05) is 19.7 Å². The molecule has 0 radical (unpaired) electrons. The fourth-order valence-electron chi connectivity index (χ4n) is 2.01. The van der Waals surface area contributed by atoms with Gasteiger partial charge in [0, 0.05) is 19.7 Å². The monoisotopic (exact) mass is 229 g/mol. The summed E-state index contributed by atoms with van der Waals surface area (Å²) in [5.41, 5.74) is 0. The number of aliphatic hydroxyl groups excluding tert-OH is 1. The Morgan fingerprint density at radius 2 is 1.94 bits per heavy atom. The van der Waals surface area contributed by atoms with Gasteiger partial charge in [0.1, 0.15) is 6.10 Å². The van der Waals surface area contributed by atoms with Crippen LogP contribution >= 0.6 is 0 Å². The highest BCUT2D eigenvalue weighted by Crippen LogP contribution is 2.13. The first-order valence-electron chi connectivity index (χ1n) is 6.20. The van der Waals surface area contributed by atoms with Gasteiger partial charge in [-0.15, -0.1) is 0 Å². The number of hydrogen-bond donors (Lipinski definition) is 1. The van der Waals surface area contributed by atoms with E-state index in [0.29, 0.717) is 0 Å². The van der Waals surface area contributed by atoms with Crippen LogP contribution in [-0.2, 0) is 4.74 Å². The topological polar surface area (TPSA) is 49.8 Å². The number of piperidine rings is 1. The Kier molecular flexibility index (Phi) is 5.60. The van der Waals surface area contributed by atoms with Crippen LogP contribution in [0.5, 0.6) is 0 Å². The van der Waals surface area contributed by atoms with Crippen molar-refractivity contribution in [3.8, 4) is 0 Å². The molecule has 16 heavy (non-hydrogen) atoms. The van der Waals surface area contributed by atoms with E-state index in [1.165, 1.54) is 6.42 Å². The molecular weight excluding hydrogens is 206 g/mol. The fraction of sp³-hybridized carbons (Fsp3) is 0.917. The highest BCUT2D eigenvalue weighted by molar-refractivity contribution is 5.67. The van der Waals surface area contributed by atoms with Gasteiger partial charge in [0.25, 0.3) is 0 Å². The Labute approximate surface area is 97.6 Å². The summed E-state index contributed by atoms with van der Waals surface area (Å²) in [6.45, 7) is 5.62. The molecule has 1 saturated heterocycles. The molecule has 0 aromatic rings. The van der Waals surface area contributed by atoms with Crippen LogP contribution in [0.3, 0.4) is 0 Å². The van der Waals surface area contributed by atoms with Crippen molar-refractivity contribution < 1.29 is 14.6 Å². The van der Waals surface area contributed by atoms with E-state index in [4.69, 9.17) is 9.84 Å². The number of hydrogen-bond acceptors (Lipinski definition) is 3. The first kappa shape index (κ1) is 13.3. The highest BCUT2D eigenvalue weighted by Gasteiger charge is 2.20. The highest BCUT2D eigenvalue weighted by atomic mass is 16.6. The lowest BCUT2D eigenvalue weighted by atomic mass is 10.1. The van der Waals surface area contributed by atoms with Crippen molar-refractivity contribution in [1.29, 1.82) is 0 Å². The molecule has 1 N–H and O–H groups in total. The number of nitrogens with zero attached hydrogens (tertiary/aromatic N) is 1. The van der Waals surface area contributed by atoms with Crippen LogP contribution in [0.15, 0.2) is 0 Å². The lowest BCUT2D eigenvalue weighted by molar-refractivity contribution is 0.0509. The summed E-state index contributed by atoms with van der Waals surface area (Å²) >= 11 is 0. The quantitative estimate of drug-likeness (QED) is 0.802. The van der Waals surface area contributed by atoms with E-state index in [0.717, 1.165) is 32.4 Å². The van der Waals surface area contributed by atoms with Crippen LogP contribution in [0.2, 0.25) is 0 Å². The lowest BCUT2D eigenvalue weighted by Gasteiger charge is -2.27. The van der Waals surface area contributed by atoms with Crippen molar-refractivity contribution in [2.24, 2.45) is 5.92 Å². The summed E-state index contributed by atoms with van der Waals surface area (Å²) < 4.78 is 5.34. The summed E-state index contributed by atoms with van der Waals surface area (Å²) in [6, 6.07) is 0. The third-order valence-corrected chi connectivity index (χ3v) is 2.96. The largest absolute Gasteiger partial charge is 0.446 e. The van der Waals surface area contributed by atoms with Crippen LogP contribution in [0.25, 0.3) is 0 Å². The average Bonchev–Trinajstić information content (AvgIpc) is 2.29. The van der Waals surface area contributed by atoms with E-state index in [-0.39, 0.29) is 24.7 Å². The molecule has 1 fully saturated rings. The van der Waals surface area contributed by atoms with E-state index < -0.39 is 0 Å². The number of likely N-dealkylation sites (tertiary alicyclic amines) is 1. The van der Waals surface area contributed by atoms with E-state index >= 15 is 0 Å². The molecule has 4 heteroatoms. The molecule has 94 valence electrons. The molecule has 0 aromatic carbocycles. The number of rotatable bonds is 4. The standard InChI is InChI=1S/C12H23NO3/c1-10(9-14)8-11(2)16-12(15)13-6-4-3-5-7-13/h10-11,14H,3-9H2,1-2H3. The fourth-order valence-corrected chi connectivity index (χ4v) is 2.01. The predicted octanol–water partition coefficient (Wildman–Crippen LogP) is 2.02. The third-order valence-electron chi connectivity index (χ3n) is 2.96. The molecule has 0 aromatic heterocycles. The van der Waals surface area contributed by atoms with Gasteiger partial charge in [-0.3, -0.25) is 0 Å². The molecular formula is C12H23NO3. The molecule has 0 bridgehead atoms. The summed E-state index contributed by atoms with van der Waals surface area (Å²) in [5, 5.41) is 8.92. The maximum Gasteiger partial charge on any atom is 0.410 e. The molecule has 4 nitrogen and oxygen atoms in total.